The van der Waals surface area contributed by atoms with Crippen molar-refractivity contribution in [2.75, 3.05) is 13.1 Å². The van der Waals surface area contributed by atoms with Crippen LogP contribution >= 0.6 is 0 Å². The summed E-state index contributed by atoms with van der Waals surface area (Å²) in [6.45, 7) is 2.56. The Morgan fingerprint density at radius 1 is 1.13 bits per heavy atom. The SMILES string of the molecule is Cc1ccc(S(=O)(=O)N2CCC(C(=O)N/N=C\c3c[nH]c4ccccc34)CC2)cc1. The third-order valence-corrected chi connectivity index (χ3v) is 7.40. The Morgan fingerprint density at radius 3 is 2.57 bits per heavy atom. The summed E-state index contributed by atoms with van der Waals surface area (Å²) in [5.74, 6) is -0.437. The summed E-state index contributed by atoms with van der Waals surface area (Å²) in [5.41, 5.74) is 5.51. The first-order valence-corrected chi connectivity index (χ1v) is 11.3. The highest BCUT2D eigenvalue weighted by molar-refractivity contribution is 7.89. The number of carbonyl (C=O) groups excluding carboxylic acids is 1. The van der Waals surface area contributed by atoms with Gasteiger partial charge in [-0.2, -0.15) is 9.41 Å². The molecule has 2 N–H and O–H groups in total. The molecule has 2 heterocycles. The maximum Gasteiger partial charge on any atom is 0.243 e. The molecule has 0 aliphatic carbocycles. The number of piperidine rings is 1. The van der Waals surface area contributed by atoms with Crippen molar-refractivity contribution < 1.29 is 13.2 Å². The molecule has 0 atom stereocenters. The molecule has 1 aliphatic heterocycles. The van der Waals surface area contributed by atoms with Gasteiger partial charge in [0.25, 0.3) is 0 Å². The summed E-state index contributed by atoms with van der Waals surface area (Å²) in [5, 5.41) is 5.12. The molecule has 1 amide bonds. The Balaban J connectivity index is 1.33. The predicted molar refractivity (Wildman–Crippen MR) is 117 cm³/mol. The predicted octanol–water partition coefficient (Wildman–Crippen LogP) is 3.03. The molecule has 8 heteroatoms. The van der Waals surface area contributed by atoms with Crippen LogP contribution in [0.3, 0.4) is 0 Å². The molecule has 1 aliphatic rings. The molecule has 0 spiro atoms. The van der Waals surface area contributed by atoms with Crippen molar-refractivity contribution in [1.29, 1.82) is 0 Å². The monoisotopic (exact) mass is 424 g/mol. The number of aromatic nitrogens is 1. The Morgan fingerprint density at radius 2 is 1.83 bits per heavy atom. The van der Waals surface area contributed by atoms with Crippen LogP contribution in [0.2, 0.25) is 0 Å². The zero-order chi connectivity index (χ0) is 21.1. The topological polar surface area (TPSA) is 94.6 Å². The number of benzene rings is 2. The summed E-state index contributed by atoms with van der Waals surface area (Å²) in [6, 6.07) is 14.7. The molecule has 0 unspecified atom stereocenters. The third kappa shape index (κ3) is 4.15. The van der Waals surface area contributed by atoms with E-state index in [4.69, 9.17) is 0 Å². The number of aryl methyl sites for hydroxylation is 1. The molecule has 156 valence electrons. The van der Waals surface area contributed by atoms with E-state index in [2.05, 4.69) is 15.5 Å². The maximum atomic E-state index is 12.8. The van der Waals surface area contributed by atoms with E-state index in [1.807, 2.05) is 37.4 Å². The van der Waals surface area contributed by atoms with Crippen molar-refractivity contribution in [3.63, 3.8) is 0 Å². The molecule has 1 saturated heterocycles. The normalized spacial score (nSPS) is 16.3. The van der Waals surface area contributed by atoms with Crippen molar-refractivity contribution in [2.45, 2.75) is 24.7 Å². The number of H-pyrrole nitrogens is 1. The average Bonchev–Trinajstić information content (AvgIpc) is 3.17. The zero-order valence-corrected chi connectivity index (χ0v) is 17.5. The van der Waals surface area contributed by atoms with Crippen molar-refractivity contribution in [3.05, 3.63) is 65.9 Å². The van der Waals surface area contributed by atoms with Crippen LogP contribution in [0.5, 0.6) is 0 Å². The molecule has 30 heavy (non-hydrogen) atoms. The first kappa shape index (κ1) is 20.3. The van der Waals surface area contributed by atoms with Crippen LogP contribution < -0.4 is 5.43 Å². The van der Waals surface area contributed by atoms with Gasteiger partial charge in [-0.1, -0.05) is 35.9 Å². The lowest BCUT2D eigenvalue weighted by Crippen LogP contribution is -2.42. The summed E-state index contributed by atoms with van der Waals surface area (Å²) >= 11 is 0. The number of rotatable bonds is 5. The van der Waals surface area contributed by atoms with Crippen LogP contribution in [0.4, 0.5) is 0 Å². The first-order valence-electron chi connectivity index (χ1n) is 9.91. The number of amides is 1. The molecule has 0 bridgehead atoms. The number of nitrogens with one attached hydrogen (secondary N) is 2. The molecule has 3 aromatic rings. The fraction of sp³-hybridized carbons (Fsp3) is 0.273. The molecule has 7 nitrogen and oxygen atoms in total. The number of carbonyl (C=O) groups is 1. The smallest absolute Gasteiger partial charge is 0.243 e. The number of hydrazone groups is 1. The van der Waals surface area contributed by atoms with E-state index < -0.39 is 10.0 Å². The van der Waals surface area contributed by atoms with E-state index >= 15 is 0 Å². The molecule has 4 rings (SSSR count). The van der Waals surface area contributed by atoms with Gasteiger partial charge < -0.3 is 4.98 Å². The van der Waals surface area contributed by atoms with Crippen LogP contribution in [-0.2, 0) is 14.8 Å². The van der Waals surface area contributed by atoms with E-state index in [-0.39, 0.29) is 11.8 Å². The lowest BCUT2D eigenvalue weighted by atomic mass is 9.98. The minimum atomic E-state index is -3.53. The van der Waals surface area contributed by atoms with Gasteiger partial charge in [0.2, 0.25) is 15.9 Å². The number of aromatic amines is 1. The lowest BCUT2D eigenvalue weighted by Gasteiger charge is -2.30. The van der Waals surface area contributed by atoms with Crippen LogP contribution in [0, 0.1) is 12.8 Å². The van der Waals surface area contributed by atoms with Gasteiger partial charge in [-0.15, -0.1) is 0 Å². The molecule has 0 radical (unpaired) electrons. The average molecular weight is 425 g/mol. The maximum absolute atomic E-state index is 12.8. The standard InChI is InChI=1S/C22H24N4O3S/c1-16-6-8-19(9-7-16)30(28,29)26-12-10-17(11-13-26)22(27)25-24-15-18-14-23-21-5-3-2-4-20(18)21/h2-9,14-15,17,23H,10-13H2,1H3,(H,25,27)/b24-15-. The highest BCUT2D eigenvalue weighted by Crippen LogP contribution is 2.24. The second-order valence-electron chi connectivity index (χ2n) is 7.52. The van der Waals surface area contributed by atoms with Gasteiger partial charge >= 0.3 is 0 Å². The fourth-order valence-corrected chi connectivity index (χ4v) is 5.14. The van der Waals surface area contributed by atoms with Gasteiger partial charge in [-0.05, 0) is 38.0 Å². The molecule has 0 saturated carbocycles. The zero-order valence-electron chi connectivity index (χ0n) is 16.7. The molecule has 2 aromatic carbocycles. The highest BCUT2D eigenvalue weighted by atomic mass is 32.2. The van der Waals surface area contributed by atoms with Gasteiger partial charge in [0.05, 0.1) is 11.1 Å². The van der Waals surface area contributed by atoms with Crippen molar-refractivity contribution >= 4 is 33.0 Å². The Kier molecular flexibility index (Phi) is 5.69. The summed E-state index contributed by atoms with van der Waals surface area (Å²) in [6.07, 6.45) is 4.40. The Hall–Kier alpha value is -2.97. The lowest BCUT2D eigenvalue weighted by molar-refractivity contribution is -0.126. The van der Waals surface area contributed by atoms with Crippen LogP contribution in [-0.4, -0.2) is 42.9 Å². The highest BCUT2D eigenvalue weighted by Gasteiger charge is 2.32. The Bertz CT molecular complexity index is 1170. The molecule has 1 fully saturated rings. The van der Waals surface area contributed by atoms with Gasteiger partial charge in [0, 0.05) is 41.7 Å². The number of nitrogens with zero attached hydrogens (tertiary/aromatic N) is 2. The van der Waals surface area contributed by atoms with E-state index in [0.717, 1.165) is 22.0 Å². The van der Waals surface area contributed by atoms with E-state index in [0.29, 0.717) is 30.8 Å². The van der Waals surface area contributed by atoms with Crippen LogP contribution in [0.15, 0.2) is 64.7 Å². The van der Waals surface area contributed by atoms with Crippen molar-refractivity contribution in [2.24, 2.45) is 11.0 Å². The minimum Gasteiger partial charge on any atom is -0.361 e. The van der Waals surface area contributed by atoms with E-state index in [9.17, 15) is 13.2 Å². The summed E-state index contributed by atoms with van der Waals surface area (Å²) in [7, 11) is -3.53. The van der Waals surface area contributed by atoms with Gasteiger partial charge in [0.1, 0.15) is 0 Å². The van der Waals surface area contributed by atoms with Crippen molar-refractivity contribution in [3.8, 4) is 0 Å². The summed E-state index contributed by atoms with van der Waals surface area (Å²) < 4.78 is 27.0. The van der Waals surface area contributed by atoms with Gasteiger partial charge in [0.15, 0.2) is 0 Å². The largest absolute Gasteiger partial charge is 0.361 e. The number of para-hydroxylation sites is 1. The number of hydrogen-bond donors (Lipinski definition) is 2. The minimum absolute atomic E-state index is 0.182. The van der Waals surface area contributed by atoms with Crippen molar-refractivity contribution in [1.82, 2.24) is 14.7 Å². The number of sulfonamides is 1. The molecular weight excluding hydrogens is 400 g/mol. The van der Waals surface area contributed by atoms with Gasteiger partial charge in [-0.3, -0.25) is 4.79 Å². The first-order chi connectivity index (χ1) is 14.4. The van der Waals surface area contributed by atoms with E-state index in [1.165, 1.54) is 4.31 Å². The number of fused-ring (bicyclic) bond motifs is 1. The third-order valence-electron chi connectivity index (χ3n) is 5.48. The van der Waals surface area contributed by atoms with Gasteiger partial charge in [-0.25, -0.2) is 13.8 Å². The summed E-state index contributed by atoms with van der Waals surface area (Å²) in [4.78, 5) is 15.9. The molecule has 1 aromatic heterocycles. The molecular formula is C22H24N4O3S. The fourth-order valence-electron chi connectivity index (χ4n) is 3.68. The second-order valence-corrected chi connectivity index (χ2v) is 9.45. The quantitative estimate of drug-likeness (QED) is 0.487. The second kappa shape index (κ2) is 8.41. The number of hydrogen-bond acceptors (Lipinski definition) is 4. The Labute approximate surface area is 175 Å². The van der Waals surface area contributed by atoms with Crippen LogP contribution in [0.1, 0.15) is 24.0 Å². The van der Waals surface area contributed by atoms with E-state index in [1.54, 1.807) is 30.5 Å². The van der Waals surface area contributed by atoms with Crippen LogP contribution in [0.25, 0.3) is 10.9 Å².